The summed E-state index contributed by atoms with van der Waals surface area (Å²) in [6, 6.07) is 4.99. The monoisotopic (exact) mass is 206 g/mol. The minimum Gasteiger partial charge on any atom is -0.390 e. The largest absolute Gasteiger partial charge is 0.390 e. The first-order chi connectivity index (χ1) is 5.63. The third kappa shape index (κ3) is 2.35. The summed E-state index contributed by atoms with van der Waals surface area (Å²) < 4.78 is 0. The van der Waals surface area contributed by atoms with Gasteiger partial charge in [-0.05, 0) is 18.2 Å². The maximum absolute atomic E-state index is 8.82. The van der Waals surface area contributed by atoms with Crippen LogP contribution in [-0.4, -0.2) is 11.7 Å². The molecule has 4 N–H and O–H groups in total. The van der Waals surface area contributed by atoms with Crippen molar-refractivity contribution in [3.05, 3.63) is 33.8 Å². The fourth-order valence-corrected chi connectivity index (χ4v) is 1.46. The van der Waals surface area contributed by atoms with E-state index in [1.165, 1.54) is 0 Å². The lowest BCUT2D eigenvalue weighted by molar-refractivity contribution is -0.432. The van der Waals surface area contributed by atoms with Crippen molar-refractivity contribution >= 4 is 23.2 Å². The third-order valence-electron chi connectivity index (χ3n) is 1.58. The van der Waals surface area contributed by atoms with Gasteiger partial charge in [0.05, 0.1) is 6.61 Å². The summed E-state index contributed by atoms with van der Waals surface area (Å²) in [6.07, 6.45) is 0. The Bertz CT molecular complexity index is 258. The Morgan fingerprint density at radius 2 is 1.75 bits per heavy atom. The molecule has 12 heavy (non-hydrogen) atoms. The molecule has 1 rings (SSSR count). The molecule has 0 spiro atoms. The van der Waals surface area contributed by atoms with Crippen LogP contribution in [0.25, 0.3) is 0 Å². The van der Waals surface area contributed by atoms with Crippen molar-refractivity contribution < 1.29 is 10.8 Å². The Kier molecular flexibility index (Phi) is 3.35. The molecule has 0 heterocycles. The van der Waals surface area contributed by atoms with E-state index in [4.69, 9.17) is 28.3 Å². The third-order valence-corrected chi connectivity index (χ3v) is 2.01. The zero-order valence-electron chi connectivity index (χ0n) is 6.43. The number of hydrogen-bond acceptors (Lipinski definition) is 1. The van der Waals surface area contributed by atoms with E-state index in [1.807, 2.05) is 0 Å². The van der Waals surface area contributed by atoms with Crippen molar-refractivity contribution in [3.63, 3.8) is 0 Å². The maximum Gasteiger partial charge on any atom is 0.133 e. The van der Waals surface area contributed by atoms with Crippen LogP contribution in [0.5, 0.6) is 0 Å². The average molecular weight is 207 g/mol. The van der Waals surface area contributed by atoms with Crippen LogP contribution in [0.3, 0.4) is 0 Å². The molecule has 1 aromatic rings. The molecule has 4 heteroatoms. The summed E-state index contributed by atoms with van der Waals surface area (Å²) in [5.41, 5.74) is 4.60. The molecule has 0 saturated carbocycles. The Morgan fingerprint density at radius 1 is 1.25 bits per heavy atom. The van der Waals surface area contributed by atoms with Gasteiger partial charge in [-0.25, -0.2) is 0 Å². The second kappa shape index (κ2) is 4.10. The van der Waals surface area contributed by atoms with Gasteiger partial charge in [-0.1, -0.05) is 23.2 Å². The first kappa shape index (κ1) is 9.81. The molecule has 0 fully saturated rings. The highest BCUT2D eigenvalue weighted by atomic mass is 35.5. The molecule has 2 nitrogen and oxygen atoms in total. The number of quaternary nitrogens is 1. The van der Waals surface area contributed by atoms with E-state index in [9.17, 15) is 0 Å². The normalized spacial score (nSPS) is 13.0. The van der Waals surface area contributed by atoms with Crippen LogP contribution in [-0.2, 0) is 0 Å². The van der Waals surface area contributed by atoms with E-state index < -0.39 is 0 Å². The van der Waals surface area contributed by atoms with Gasteiger partial charge in [-0.15, -0.1) is 0 Å². The zero-order valence-corrected chi connectivity index (χ0v) is 7.94. The van der Waals surface area contributed by atoms with Crippen molar-refractivity contribution in [2.45, 2.75) is 6.04 Å². The van der Waals surface area contributed by atoms with Crippen molar-refractivity contribution in [1.29, 1.82) is 0 Å². The Labute approximate surface area is 80.9 Å². The Hall–Kier alpha value is -0.280. The molecular formula is C8H10Cl2NO+. The lowest BCUT2D eigenvalue weighted by Crippen LogP contribution is -2.55. The number of rotatable bonds is 2. The predicted octanol–water partition coefficient (Wildman–Crippen LogP) is 1.27. The van der Waals surface area contributed by atoms with Crippen LogP contribution in [0.2, 0.25) is 10.0 Å². The smallest absolute Gasteiger partial charge is 0.133 e. The van der Waals surface area contributed by atoms with Gasteiger partial charge in [-0.3, -0.25) is 0 Å². The van der Waals surface area contributed by atoms with Crippen LogP contribution in [0.1, 0.15) is 11.6 Å². The van der Waals surface area contributed by atoms with Crippen LogP contribution >= 0.6 is 23.2 Å². The first-order valence-corrected chi connectivity index (χ1v) is 4.29. The fraction of sp³-hybridized carbons (Fsp3) is 0.250. The van der Waals surface area contributed by atoms with E-state index in [-0.39, 0.29) is 12.6 Å². The summed E-state index contributed by atoms with van der Waals surface area (Å²) in [7, 11) is 0. The predicted molar refractivity (Wildman–Crippen MR) is 49.2 cm³/mol. The van der Waals surface area contributed by atoms with Crippen molar-refractivity contribution in [1.82, 2.24) is 0 Å². The van der Waals surface area contributed by atoms with Gasteiger partial charge < -0.3 is 10.8 Å². The molecule has 0 aromatic heterocycles. The topological polar surface area (TPSA) is 47.9 Å². The van der Waals surface area contributed by atoms with Crippen LogP contribution in [0.4, 0.5) is 0 Å². The van der Waals surface area contributed by atoms with Crippen molar-refractivity contribution in [2.75, 3.05) is 6.61 Å². The minimum atomic E-state index is -0.166. The summed E-state index contributed by atoms with van der Waals surface area (Å²) in [5.74, 6) is 0. The van der Waals surface area contributed by atoms with Gasteiger partial charge in [0.2, 0.25) is 0 Å². The molecule has 0 radical (unpaired) electrons. The molecule has 0 aliphatic heterocycles. The molecule has 0 aliphatic carbocycles. The molecule has 1 atom stereocenters. The molecule has 0 unspecified atom stereocenters. The van der Waals surface area contributed by atoms with Crippen LogP contribution in [0, 0.1) is 0 Å². The molecule has 0 saturated heterocycles. The van der Waals surface area contributed by atoms with Gasteiger partial charge in [0.25, 0.3) is 0 Å². The van der Waals surface area contributed by atoms with E-state index in [2.05, 4.69) is 5.73 Å². The maximum atomic E-state index is 8.82. The van der Waals surface area contributed by atoms with E-state index in [1.54, 1.807) is 18.2 Å². The highest BCUT2D eigenvalue weighted by Gasteiger charge is 2.08. The standard InChI is InChI=1S/C8H9Cl2NO/c9-6-1-5(8(11)4-12)2-7(10)3-6/h1-3,8,12H,4,11H2/p+1/t8-/m0/s1. The Balaban J connectivity index is 3.00. The number of aliphatic hydroxyl groups is 1. The Morgan fingerprint density at radius 3 is 2.17 bits per heavy atom. The lowest BCUT2D eigenvalue weighted by Gasteiger charge is -2.05. The number of benzene rings is 1. The summed E-state index contributed by atoms with van der Waals surface area (Å²) in [5, 5.41) is 9.96. The highest BCUT2D eigenvalue weighted by Crippen LogP contribution is 2.21. The molecular weight excluding hydrogens is 197 g/mol. The number of aliphatic hydroxyl groups excluding tert-OH is 1. The number of hydrogen-bond donors (Lipinski definition) is 2. The van der Waals surface area contributed by atoms with Crippen molar-refractivity contribution in [3.8, 4) is 0 Å². The van der Waals surface area contributed by atoms with Crippen LogP contribution < -0.4 is 5.73 Å². The van der Waals surface area contributed by atoms with E-state index >= 15 is 0 Å². The molecule has 0 bridgehead atoms. The molecule has 0 amide bonds. The fourth-order valence-electron chi connectivity index (χ4n) is 0.916. The zero-order chi connectivity index (χ0) is 9.14. The minimum absolute atomic E-state index is 0.00330. The van der Waals surface area contributed by atoms with E-state index in [0.717, 1.165) is 5.56 Å². The second-order valence-corrected chi connectivity index (χ2v) is 3.46. The van der Waals surface area contributed by atoms with Gasteiger partial charge in [-0.2, -0.15) is 0 Å². The van der Waals surface area contributed by atoms with Gasteiger partial charge >= 0.3 is 0 Å². The average Bonchev–Trinajstić information content (AvgIpc) is 2.01. The lowest BCUT2D eigenvalue weighted by atomic mass is 10.1. The number of halogens is 2. The molecule has 0 aliphatic rings. The SMILES string of the molecule is [NH3+][C@@H](CO)c1cc(Cl)cc(Cl)c1. The van der Waals surface area contributed by atoms with Gasteiger partial charge in [0, 0.05) is 15.6 Å². The van der Waals surface area contributed by atoms with E-state index in [0.29, 0.717) is 10.0 Å². The van der Waals surface area contributed by atoms with Crippen LogP contribution in [0.15, 0.2) is 18.2 Å². The highest BCUT2D eigenvalue weighted by molar-refractivity contribution is 6.34. The summed E-state index contributed by atoms with van der Waals surface area (Å²) >= 11 is 11.5. The summed E-state index contributed by atoms with van der Waals surface area (Å²) in [6.45, 7) is -0.00330. The quantitative estimate of drug-likeness (QED) is 0.753. The van der Waals surface area contributed by atoms with Crippen molar-refractivity contribution in [2.24, 2.45) is 0 Å². The first-order valence-electron chi connectivity index (χ1n) is 3.53. The molecule has 66 valence electrons. The van der Waals surface area contributed by atoms with Gasteiger partial charge in [0.1, 0.15) is 6.04 Å². The van der Waals surface area contributed by atoms with Gasteiger partial charge in [0.15, 0.2) is 0 Å². The second-order valence-electron chi connectivity index (χ2n) is 2.58. The summed E-state index contributed by atoms with van der Waals surface area (Å²) in [4.78, 5) is 0. The molecule has 1 aromatic carbocycles.